The first kappa shape index (κ1) is 19.4. The van der Waals surface area contributed by atoms with Gasteiger partial charge in [-0.25, -0.2) is 13.4 Å². The Labute approximate surface area is 172 Å². The van der Waals surface area contributed by atoms with E-state index in [-0.39, 0.29) is 17.1 Å². The molecule has 2 heterocycles. The van der Waals surface area contributed by atoms with Gasteiger partial charge in [0.25, 0.3) is 0 Å². The van der Waals surface area contributed by atoms with Crippen LogP contribution < -0.4 is 5.32 Å². The number of fused-ring (bicyclic) bond motifs is 1. The molecule has 0 aliphatic heterocycles. The van der Waals surface area contributed by atoms with Crippen LogP contribution in [0.1, 0.15) is 12.0 Å². The third kappa shape index (κ3) is 4.38. The summed E-state index contributed by atoms with van der Waals surface area (Å²) in [5, 5.41) is 5.82. The van der Waals surface area contributed by atoms with E-state index in [0.29, 0.717) is 16.6 Å². The van der Waals surface area contributed by atoms with Crippen molar-refractivity contribution in [1.29, 1.82) is 0 Å². The number of sulfone groups is 1. The van der Waals surface area contributed by atoms with Gasteiger partial charge in [0.15, 0.2) is 20.7 Å². The molecule has 0 aliphatic rings. The van der Waals surface area contributed by atoms with Gasteiger partial charge in [-0.2, -0.15) is 0 Å². The Hall–Kier alpha value is -2.97. The van der Waals surface area contributed by atoms with Crippen LogP contribution in [0.3, 0.4) is 0 Å². The van der Waals surface area contributed by atoms with Gasteiger partial charge in [-0.15, -0.1) is 11.3 Å². The van der Waals surface area contributed by atoms with E-state index in [2.05, 4.69) is 10.3 Å². The molecule has 2 aromatic carbocycles. The topological polar surface area (TPSA) is 89.3 Å². The third-order valence-electron chi connectivity index (χ3n) is 4.41. The Bertz CT molecular complexity index is 1240. The maximum Gasteiger partial charge on any atom is 0.227 e. The second kappa shape index (κ2) is 7.81. The van der Waals surface area contributed by atoms with E-state index in [1.165, 1.54) is 11.3 Å². The average molecular weight is 427 g/mol. The number of hydrogen-bond acceptors (Lipinski definition) is 6. The molecule has 6 nitrogen and oxygen atoms in total. The zero-order valence-electron chi connectivity index (χ0n) is 15.6. The highest BCUT2D eigenvalue weighted by atomic mass is 32.2. The monoisotopic (exact) mass is 426 g/mol. The Morgan fingerprint density at radius 1 is 1.14 bits per heavy atom. The number of carbonyl (C=O) groups is 1. The summed E-state index contributed by atoms with van der Waals surface area (Å²) in [6.07, 6.45) is -0.143. The van der Waals surface area contributed by atoms with Crippen LogP contribution in [0.2, 0.25) is 0 Å². The second-order valence-electron chi connectivity index (χ2n) is 6.62. The number of amides is 1. The first-order valence-electron chi connectivity index (χ1n) is 8.94. The zero-order chi connectivity index (χ0) is 20.4. The predicted octanol–water partition coefficient (Wildman–Crippen LogP) is 4.67. The number of benzene rings is 2. The molecule has 0 unspecified atom stereocenters. The summed E-state index contributed by atoms with van der Waals surface area (Å²) in [6.45, 7) is 1.89. The van der Waals surface area contributed by atoms with Crippen LogP contribution in [0.5, 0.6) is 0 Å². The van der Waals surface area contributed by atoms with Crippen molar-refractivity contribution in [1.82, 2.24) is 4.98 Å². The molecule has 29 heavy (non-hydrogen) atoms. The number of nitrogens with zero attached hydrogens (tertiary/aromatic N) is 1. The molecule has 0 bridgehead atoms. The largest absolute Gasteiger partial charge is 0.454 e. The number of nitrogens with one attached hydrogen (secondary N) is 1. The van der Waals surface area contributed by atoms with Gasteiger partial charge in [0.1, 0.15) is 11.3 Å². The number of aryl methyl sites for hydroxylation is 1. The van der Waals surface area contributed by atoms with E-state index in [4.69, 9.17) is 4.42 Å². The maximum atomic E-state index is 12.4. The van der Waals surface area contributed by atoms with Crippen LogP contribution in [0.15, 0.2) is 69.3 Å². The van der Waals surface area contributed by atoms with Crippen molar-refractivity contribution in [3.63, 3.8) is 0 Å². The SMILES string of the molecule is Cc1ccc(S(=O)(=O)CCC(=O)Nc2nc(-c3cc4ccccc4o3)cs2)cc1. The molecule has 148 valence electrons. The number of aromatic nitrogens is 1. The van der Waals surface area contributed by atoms with Crippen molar-refractivity contribution in [2.75, 3.05) is 11.1 Å². The number of rotatable bonds is 6. The molecular formula is C21H18N2O4S2. The Balaban J connectivity index is 1.39. The number of furan rings is 1. The Morgan fingerprint density at radius 3 is 2.66 bits per heavy atom. The van der Waals surface area contributed by atoms with E-state index >= 15 is 0 Å². The summed E-state index contributed by atoms with van der Waals surface area (Å²) in [5.41, 5.74) is 2.36. The molecular weight excluding hydrogens is 408 g/mol. The van der Waals surface area contributed by atoms with Gasteiger partial charge in [-0.05, 0) is 31.2 Å². The van der Waals surface area contributed by atoms with Gasteiger partial charge in [-0.3, -0.25) is 4.79 Å². The van der Waals surface area contributed by atoms with Gasteiger partial charge in [0.05, 0.1) is 10.6 Å². The van der Waals surface area contributed by atoms with Gasteiger partial charge in [0.2, 0.25) is 5.91 Å². The summed E-state index contributed by atoms with van der Waals surface area (Å²) < 4.78 is 30.5. The number of anilines is 1. The standard InChI is InChI=1S/C21H18N2O4S2/c1-14-6-8-16(9-7-14)29(25,26)11-10-20(24)23-21-22-17(13-28-21)19-12-15-4-2-3-5-18(15)27-19/h2-9,12-13H,10-11H2,1H3,(H,22,23,24). The Kier molecular flexibility index (Phi) is 5.21. The lowest BCUT2D eigenvalue weighted by Crippen LogP contribution is -2.17. The summed E-state index contributed by atoms with van der Waals surface area (Å²) in [6, 6.07) is 16.1. The fourth-order valence-electron chi connectivity index (χ4n) is 2.82. The number of thiazole rings is 1. The first-order valence-corrected chi connectivity index (χ1v) is 11.5. The van der Waals surface area contributed by atoms with Crippen molar-refractivity contribution >= 4 is 43.2 Å². The van der Waals surface area contributed by atoms with Gasteiger partial charge in [0, 0.05) is 17.2 Å². The van der Waals surface area contributed by atoms with Crippen LogP contribution in [-0.4, -0.2) is 25.1 Å². The molecule has 1 amide bonds. The third-order valence-corrected chi connectivity index (χ3v) is 6.90. The summed E-state index contributed by atoms with van der Waals surface area (Å²) in [5.74, 6) is -0.0416. The molecule has 4 rings (SSSR count). The lowest BCUT2D eigenvalue weighted by Gasteiger charge is -2.05. The van der Waals surface area contributed by atoms with Crippen LogP contribution in [0, 0.1) is 6.92 Å². The highest BCUT2D eigenvalue weighted by Gasteiger charge is 2.17. The van der Waals surface area contributed by atoms with E-state index in [1.54, 1.807) is 29.6 Å². The second-order valence-corrected chi connectivity index (χ2v) is 9.58. The quantitative estimate of drug-likeness (QED) is 0.484. The van der Waals surface area contributed by atoms with Crippen LogP contribution in [-0.2, 0) is 14.6 Å². The normalized spacial score (nSPS) is 11.6. The lowest BCUT2D eigenvalue weighted by atomic mass is 10.2. The van der Waals surface area contributed by atoms with Gasteiger partial charge < -0.3 is 9.73 Å². The smallest absolute Gasteiger partial charge is 0.227 e. The van der Waals surface area contributed by atoms with Crippen LogP contribution >= 0.6 is 11.3 Å². The van der Waals surface area contributed by atoms with E-state index < -0.39 is 15.7 Å². The van der Waals surface area contributed by atoms with Crippen molar-refractivity contribution in [2.45, 2.75) is 18.2 Å². The minimum Gasteiger partial charge on any atom is -0.454 e. The van der Waals surface area contributed by atoms with Crippen molar-refractivity contribution in [2.24, 2.45) is 0 Å². The minimum absolute atomic E-state index is 0.143. The first-order chi connectivity index (χ1) is 13.9. The van der Waals surface area contributed by atoms with Crippen LogP contribution in [0.25, 0.3) is 22.4 Å². The molecule has 0 spiro atoms. The fraction of sp³-hybridized carbons (Fsp3) is 0.143. The number of carbonyl (C=O) groups excluding carboxylic acids is 1. The Morgan fingerprint density at radius 2 is 1.90 bits per heavy atom. The van der Waals surface area contributed by atoms with E-state index in [9.17, 15) is 13.2 Å². The average Bonchev–Trinajstić information content (AvgIpc) is 3.33. The fourth-order valence-corrected chi connectivity index (χ4v) is 4.78. The van der Waals surface area contributed by atoms with Gasteiger partial charge >= 0.3 is 0 Å². The lowest BCUT2D eigenvalue weighted by molar-refractivity contribution is -0.115. The van der Waals surface area contributed by atoms with Gasteiger partial charge in [-0.1, -0.05) is 35.9 Å². The molecule has 4 aromatic rings. The molecule has 0 radical (unpaired) electrons. The molecule has 8 heteroatoms. The summed E-state index contributed by atoms with van der Waals surface area (Å²) >= 11 is 1.26. The highest BCUT2D eigenvalue weighted by molar-refractivity contribution is 7.91. The van der Waals surface area contributed by atoms with E-state index in [1.807, 2.05) is 37.3 Å². The highest BCUT2D eigenvalue weighted by Crippen LogP contribution is 2.30. The van der Waals surface area contributed by atoms with Crippen molar-refractivity contribution in [3.05, 3.63) is 65.5 Å². The molecule has 1 N–H and O–H groups in total. The minimum atomic E-state index is -3.51. The zero-order valence-corrected chi connectivity index (χ0v) is 17.2. The molecule has 0 saturated carbocycles. The predicted molar refractivity (Wildman–Crippen MR) is 114 cm³/mol. The summed E-state index contributed by atoms with van der Waals surface area (Å²) in [4.78, 5) is 16.8. The summed E-state index contributed by atoms with van der Waals surface area (Å²) in [7, 11) is -3.51. The van der Waals surface area contributed by atoms with Crippen molar-refractivity contribution in [3.8, 4) is 11.5 Å². The van der Waals surface area contributed by atoms with Crippen LogP contribution in [0.4, 0.5) is 5.13 Å². The molecule has 0 aliphatic carbocycles. The number of hydrogen-bond donors (Lipinski definition) is 1. The molecule has 0 atom stereocenters. The molecule has 2 aromatic heterocycles. The van der Waals surface area contributed by atoms with Crippen molar-refractivity contribution < 1.29 is 17.6 Å². The molecule has 0 saturated heterocycles. The maximum absolute atomic E-state index is 12.4. The van der Waals surface area contributed by atoms with E-state index in [0.717, 1.165) is 16.5 Å². The number of para-hydroxylation sites is 1. The molecule has 0 fully saturated rings.